The van der Waals surface area contributed by atoms with Crippen LogP contribution in [-0.4, -0.2) is 47.8 Å². The molecule has 1 aromatic rings. The number of rotatable bonds is 2. The van der Waals surface area contributed by atoms with Crippen molar-refractivity contribution < 1.29 is 9.59 Å². The summed E-state index contributed by atoms with van der Waals surface area (Å²) in [5, 5.41) is 0.596. The SMILES string of the molecule is O=C(c1ccc(Cl)cc1Br)N1CCN(C(=O)C2CC2)CC1. The molecule has 1 aromatic carbocycles. The molecular weight excluding hydrogens is 356 g/mol. The van der Waals surface area contributed by atoms with E-state index in [0.717, 1.165) is 12.8 Å². The molecular formula is C15H16BrClN2O2. The lowest BCUT2D eigenvalue weighted by Crippen LogP contribution is -2.51. The lowest BCUT2D eigenvalue weighted by Gasteiger charge is -2.35. The highest BCUT2D eigenvalue weighted by Gasteiger charge is 2.35. The molecule has 112 valence electrons. The zero-order chi connectivity index (χ0) is 15.0. The van der Waals surface area contributed by atoms with Gasteiger partial charge in [-0.25, -0.2) is 0 Å². The summed E-state index contributed by atoms with van der Waals surface area (Å²) in [5.41, 5.74) is 0.612. The third-order valence-corrected chi connectivity index (χ3v) is 4.86. The average molecular weight is 372 g/mol. The van der Waals surface area contributed by atoms with E-state index >= 15 is 0 Å². The Morgan fingerprint density at radius 3 is 2.29 bits per heavy atom. The molecule has 21 heavy (non-hydrogen) atoms. The second-order valence-electron chi connectivity index (χ2n) is 5.52. The highest BCUT2D eigenvalue weighted by Crippen LogP contribution is 2.31. The summed E-state index contributed by atoms with van der Waals surface area (Å²) < 4.78 is 0.705. The first kappa shape index (κ1) is 14.9. The maximum absolute atomic E-state index is 12.5. The fraction of sp³-hybridized carbons (Fsp3) is 0.467. The van der Waals surface area contributed by atoms with Crippen molar-refractivity contribution in [3.8, 4) is 0 Å². The predicted octanol–water partition coefficient (Wildman–Crippen LogP) is 2.80. The number of halogens is 2. The molecule has 1 heterocycles. The smallest absolute Gasteiger partial charge is 0.255 e. The van der Waals surface area contributed by atoms with Crippen LogP contribution in [0.2, 0.25) is 5.02 Å². The van der Waals surface area contributed by atoms with Crippen LogP contribution >= 0.6 is 27.5 Å². The molecule has 1 aliphatic heterocycles. The summed E-state index contributed by atoms with van der Waals surface area (Å²) in [6, 6.07) is 5.17. The van der Waals surface area contributed by atoms with E-state index in [1.54, 1.807) is 23.1 Å². The summed E-state index contributed by atoms with van der Waals surface area (Å²) in [4.78, 5) is 28.2. The molecule has 2 fully saturated rings. The molecule has 0 spiro atoms. The third kappa shape index (κ3) is 3.24. The van der Waals surface area contributed by atoms with Gasteiger partial charge in [0.15, 0.2) is 0 Å². The molecule has 0 unspecified atom stereocenters. The van der Waals surface area contributed by atoms with Gasteiger partial charge in [-0.1, -0.05) is 11.6 Å². The van der Waals surface area contributed by atoms with E-state index < -0.39 is 0 Å². The van der Waals surface area contributed by atoms with Crippen molar-refractivity contribution in [3.05, 3.63) is 33.3 Å². The number of hydrogen-bond donors (Lipinski definition) is 0. The molecule has 1 saturated heterocycles. The van der Waals surface area contributed by atoms with Gasteiger partial charge in [-0.05, 0) is 47.0 Å². The summed E-state index contributed by atoms with van der Waals surface area (Å²) in [5.74, 6) is 0.490. The number of nitrogens with zero attached hydrogens (tertiary/aromatic N) is 2. The quantitative estimate of drug-likeness (QED) is 0.802. The van der Waals surface area contributed by atoms with Gasteiger partial charge in [0.05, 0.1) is 5.56 Å². The van der Waals surface area contributed by atoms with Crippen LogP contribution in [0.3, 0.4) is 0 Å². The van der Waals surface area contributed by atoms with Crippen LogP contribution in [0.1, 0.15) is 23.2 Å². The molecule has 6 heteroatoms. The van der Waals surface area contributed by atoms with E-state index in [9.17, 15) is 9.59 Å². The van der Waals surface area contributed by atoms with Crippen molar-refractivity contribution in [3.63, 3.8) is 0 Å². The van der Waals surface area contributed by atoms with Gasteiger partial charge >= 0.3 is 0 Å². The van der Waals surface area contributed by atoms with Crippen molar-refractivity contribution in [1.29, 1.82) is 0 Å². The zero-order valence-electron chi connectivity index (χ0n) is 11.5. The van der Waals surface area contributed by atoms with Crippen LogP contribution in [-0.2, 0) is 4.79 Å². The van der Waals surface area contributed by atoms with E-state index in [1.807, 2.05) is 4.90 Å². The molecule has 2 aliphatic rings. The van der Waals surface area contributed by atoms with Crippen molar-refractivity contribution in [1.82, 2.24) is 9.80 Å². The monoisotopic (exact) mass is 370 g/mol. The Hall–Kier alpha value is -1.07. The maximum Gasteiger partial charge on any atom is 0.255 e. The van der Waals surface area contributed by atoms with Crippen LogP contribution in [0.25, 0.3) is 0 Å². The molecule has 0 bridgehead atoms. The summed E-state index contributed by atoms with van der Waals surface area (Å²) in [6.45, 7) is 2.44. The van der Waals surface area contributed by atoms with Crippen molar-refractivity contribution in [2.75, 3.05) is 26.2 Å². The standard InChI is InChI=1S/C15H16BrClN2O2/c16-13-9-11(17)3-4-12(13)15(21)19-7-5-18(6-8-19)14(20)10-1-2-10/h3-4,9-10H,1-2,5-8H2. The van der Waals surface area contributed by atoms with Gasteiger partial charge in [-0.3, -0.25) is 9.59 Å². The minimum atomic E-state index is -0.0166. The number of carbonyl (C=O) groups is 2. The predicted molar refractivity (Wildman–Crippen MR) is 84.4 cm³/mol. The first-order valence-electron chi connectivity index (χ1n) is 7.09. The van der Waals surface area contributed by atoms with E-state index in [4.69, 9.17) is 11.6 Å². The molecule has 4 nitrogen and oxygen atoms in total. The second-order valence-corrected chi connectivity index (χ2v) is 6.81. The molecule has 1 saturated carbocycles. The van der Waals surface area contributed by atoms with Crippen LogP contribution < -0.4 is 0 Å². The molecule has 0 N–H and O–H groups in total. The number of hydrogen-bond acceptors (Lipinski definition) is 2. The van der Waals surface area contributed by atoms with Gasteiger partial charge in [0.1, 0.15) is 0 Å². The molecule has 3 rings (SSSR count). The lowest BCUT2D eigenvalue weighted by molar-refractivity contribution is -0.134. The largest absolute Gasteiger partial charge is 0.339 e. The maximum atomic E-state index is 12.5. The van der Waals surface area contributed by atoms with Crippen molar-refractivity contribution >= 4 is 39.3 Å². The number of amides is 2. The lowest BCUT2D eigenvalue weighted by atomic mass is 10.1. The van der Waals surface area contributed by atoms with Gasteiger partial charge in [0.25, 0.3) is 5.91 Å². The van der Waals surface area contributed by atoms with Gasteiger partial charge in [0.2, 0.25) is 5.91 Å². The van der Waals surface area contributed by atoms with Gasteiger partial charge < -0.3 is 9.80 Å². The average Bonchev–Trinajstić information content (AvgIpc) is 3.31. The normalized spacial score (nSPS) is 18.8. The Balaban J connectivity index is 1.63. The molecule has 2 amide bonds. The van der Waals surface area contributed by atoms with Gasteiger partial charge in [-0.2, -0.15) is 0 Å². The Morgan fingerprint density at radius 2 is 1.71 bits per heavy atom. The van der Waals surface area contributed by atoms with Crippen LogP contribution in [0, 0.1) is 5.92 Å². The van der Waals surface area contributed by atoms with Crippen molar-refractivity contribution in [2.24, 2.45) is 5.92 Å². The van der Waals surface area contributed by atoms with Crippen LogP contribution in [0.4, 0.5) is 0 Å². The molecule has 1 aliphatic carbocycles. The fourth-order valence-electron chi connectivity index (χ4n) is 2.55. The first-order valence-corrected chi connectivity index (χ1v) is 8.26. The summed E-state index contributed by atoms with van der Waals surface area (Å²) in [7, 11) is 0. The van der Waals surface area contributed by atoms with E-state index in [0.29, 0.717) is 41.2 Å². The fourth-order valence-corrected chi connectivity index (χ4v) is 3.40. The number of carbonyl (C=O) groups excluding carboxylic acids is 2. The second kappa shape index (κ2) is 5.97. The van der Waals surface area contributed by atoms with Crippen LogP contribution in [0.15, 0.2) is 22.7 Å². The van der Waals surface area contributed by atoms with Crippen LogP contribution in [0.5, 0.6) is 0 Å². The van der Waals surface area contributed by atoms with Crippen molar-refractivity contribution in [2.45, 2.75) is 12.8 Å². The molecule has 0 radical (unpaired) electrons. The Morgan fingerprint density at radius 1 is 1.10 bits per heavy atom. The molecule has 0 aromatic heterocycles. The summed E-state index contributed by atoms with van der Waals surface area (Å²) in [6.07, 6.45) is 2.05. The Kier molecular flexibility index (Phi) is 4.22. The van der Waals surface area contributed by atoms with E-state index in [1.165, 1.54) is 0 Å². The minimum absolute atomic E-state index is 0.0166. The number of benzene rings is 1. The van der Waals surface area contributed by atoms with Gasteiger partial charge in [0, 0.05) is 41.6 Å². The Bertz CT molecular complexity index is 581. The highest BCUT2D eigenvalue weighted by atomic mass is 79.9. The highest BCUT2D eigenvalue weighted by molar-refractivity contribution is 9.10. The zero-order valence-corrected chi connectivity index (χ0v) is 13.9. The van der Waals surface area contributed by atoms with Gasteiger partial charge in [-0.15, -0.1) is 0 Å². The Labute approximate surface area is 137 Å². The van der Waals surface area contributed by atoms with E-state index in [2.05, 4.69) is 15.9 Å². The minimum Gasteiger partial charge on any atom is -0.339 e. The van der Waals surface area contributed by atoms with E-state index in [-0.39, 0.29) is 17.7 Å². The third-order valence-electron chi connectivity index (χ3n) is 3.97. The number of piperazine rings is 1. The molecule has 0 atom stereocenters. The topological polar surface area (TPSA) is 40.6 Å². The first-order chi connectivity index (χ1) is 10.1. The summed E-state index contributed by atoms with van der Waals surface area (Å²) >= 11 is 9.28.